The van der Waals surface area contributed by atoms with Crippen LogP contribution in [0.25, 0.3) is 0 Å². The average Bonchev–Trinajstić information content (AvgIpc) is 2.87. The molecule has 1 aliphatic rings. The van der Waals surface area contributed by atoms with Gasteiger partial charge in [-0.3, -0.25) is 0 Å². The van der Waals surface area contributed by atoms with Crippen LogP contribution in [-0.4, -0.2) is 57.4 Å². The second-order valence-corrected chi connectivity index (χ2v) is 4.64. The van der Waals surface area contributed by atoms with Crippen molar-refractivity contribution in [2.45, 2.75) is 12.6 Å². The summed E-state index contributed by atoms with van der Waals surface area (Å²) in [6.45, 7) is 4.02. The van der Waals surface area contributed by atoms with Gasteiger partial charge in [-0.05, 0) is 19.2 Å². The number of hydrogen-bond acceptors (Lipinski definition) is 6. The summed E-state index contributed by atoms with van der Waals surface area (Å²) in [5, 5.41) is 3.26. The molecule has 1 saturated heterocycles. The molecule has 1 aliphatic heterocycles. The zero-order valence-electron chi connectivity index (χ0n) is 11.3. The number of nitrogens with zero attached hydrogens (tertiary/aromatic N) is 1. The number of carbonyl (C=O) groups is 1. The number of nitrogens with one attached hydrogen (secondary N) is 1. The van der Waals surface area contributed by atoms with Crippen LogP contribution in [0.5, 0.6) is 0 Å². The van der Waals surface area contributed by atoms with E-state index in [0.717, 1.165) is 26.2 Å². The van der Waals surface area contributed by atoms with E-state index in [1.165, 1.54) is 7.11 Å². The van der Waals surface area contributed by atoms with Crippen molar-refractivity contribution in [3.05, 3.63) is 23.7 Å². The maximum Gasteiger partial charge on any atom is 0.373 e. The molecule has 1 fully saturated rings. The summed E-state index contributed by atoms with van der Waals surface area (Å²) in [7, 11) is 3.42. The first-order valence-electron chi connectivity index (χ1n) is 6.37. The van der Waals surface area contributed by atoms with Crippen molar-refractivity contribution >= 4 is 5.97 Å². The number of ether oxygens (including phenoxy) is 2. The maximum absolute atomic E-state index is 11.2. The van der Waals surface area contributed by atoms with Crippen molar-refractivity contribution in [2.75, 3.05) is 40.4 Å². The molecule has 2 rings (SSSR count). The number of furan rings is 1. The Balaban J connectivity index is 1.73. The van der Waals surface area contributed by atoms with Gasteiger partial charge in [-0.1, -0.05) is 0 Å². The molecule has 6 heteroatoms. The fourth-order valence-corrected chi connectivity index (χ4v) is 2.03. The minimum atomic E-state index is -0.455. The lowest BCUT2D eigenvalue weighted by Gasteiger charge is -2.30. The van der Waals surface area contributed by atoms with Gasteiger partial charge in [0.15, 0.2) is 0 Å². The molecule has 2 heterocycles. The highest BCUT2D eigenvalue weighted by molar-refractivity contribution is 5.86. The first-order chi connectivity index (χ1) is 9.19. The Morgan fingerprint density at radius 2 is 2.42 bits per heavy atom. The van der Waals surface area contributed by atoms with Crippen LogP contribution in [0, 0.1) is 0 Å². The Bertz CT molecular complexity index is 419. The van der Waals surface area contributed by atoms with E-state index in [0.29, 0.717) is 12.3 Å². The Hall–Kier alpha value is -1.37. The summed E-state index contributed by atoms with van der Waals surface area (Å²) < 4.78 is 15.6. The second-order valence-electron chi connectivity index (χ2n) is 4.64. The Kier molecular flexibility index (Phi) is 4.95. The van der Waals surface area contributed by atoms with Crippen LogP contribution in [0.4, 0.5) is 0 Å². The first kappa shape index (κ1) is 14.0. The largest absolute Gasteiger partial charge is 0.463 e. The third-order valence-electron chi connectivity index (χ3n) is 3.06. The number of esters is 1. The normalized spacial score (nSPS) is 20.4. The highest BCUT2D eigenvalue weighted by Crippen LogP contribution is 2.09. The van der Waals surface area contributed by atoms with E-state index in [4.69, 9.17) is 9.15 Å². The van der Waals surface area contributed by atoms with Crippen molar-refractivity contribution in [2.24, 2.45) is 0 Å². The van der Waals surface area contributed by atoms with E-state index in [2.05, 4.69) is 22.0 Å². The van der Waals surface area contributed by atoms with Gasteiger partial charge in [0.25, 0.3) is 0 Å². The minimum absolute atomic E-state index is 0.203. The Morgan fingerprint density at radius 3 is 3.16 bits per heavy atom. The third-order valence-corrected chi connectivity index (χ3v) is 3.06. The fourth-order valence-electron chi connectivity index (χ4n) is 2.03. The van der Waals surface area contributed by atoms with Crippen LogP contribution in [0.2, 0.25) is 0 Å². The van der Waals surface area contributed by atoms with Crippen LogP contribution in [0.15, 0.2) is 16.5 Å². The molecule has 0 aromatic carbocycles. The highest BCUT2D eigenvalue weighted by Gasteiger charge is 2.17. The summed E-state index contributed by atoms with van der Waals surface area (Å²) in [6.07, 6.45) is 0.203. The third kappa shape index (κ3) is 4.05. The van der Waals surface area contributed by atoms with Gasteiger partial charge in [-0.25, -0.2) is 4.79 Å². The topological polar surface area (TPSA) is 63.9 Å². The molecule has 0 radical (unpaired) electrons. The SMILES string of the molecule is COC(=O)c1ccc(CNCC2CN(C)CCO2)o1. The van der Waals surface area contributed by atoms with Crippen LogP contribution in [-0.2, 0) is 16.0 Å². The smallest absolute Gasteiger partial charge is 0.373 e. The van der Waals surface area contributed by atoms with Crippen molar-refractivity contribution in [1.82, 2.24) is 10.2 Å². The molecule has 19 heavy (non-hydrogen) atoms. The molecule has 6 nitrogen and oxygen atoms in total. The Labute approximate surface area is 112 Å². The summed E-state index contributed by atoms with van der Waals surface area (Å²) in [4.78, 5) is 13.5. The molecule has 0 amide bonds. The lowest BCUT2D eigenvalue weighted by molar-refractivity contribution is -0.0183. The molecule has 0 bridgehead atoms. The summed E-state index contributed by atoms with van der Waals surface area (Å²) >= 11 is 0. The van der Waals surface area contributed by atoms with Crippen molar-refractivity contribution in [3.63, 3.8) is 0 Å². The van der Waals surface area contributed by atoms with E-state index in [-0.39, 0.29) is 11.9 Å². The number of carbonyl (C=O) groups excluding carboxylic acids is 1. The lowest BCUT2D eigenvalue weighted by Crippen LogP contribution is -2.44. The molecule has 1 N–H and O–H groups in total. The van der Waals surface area contributed by atoms with E-state index in [9.17, 15) is 4.79 Å². The lowest BCUT2D eigenvalue weighted by atomic mass is 10.3. The van der Waals surface area contributed by atoms with Gasteiger partial charge in [-0.2, -0.15) is 0 Å². The molecule has 0 aliphatic carbocycles. The van der Waals surface area contributed by atoms with E-state index in [1.54, 1.807) is 12.1 Å². The van der Waals surface area contributed by atoms with Crippen LogP contribution >= 0.6 is 0 Å². The van der Waals surface area contributed by atoms with E-state index < -0.39 is 5.97 Å². The second kappa shape index (κ2) is 6.70. The zero-order chi connectivity index (χ0) is 13.7. The van der Waals surface area contributed by atoms with Crippen molar-refractivity contribution < 1.29 is 18.7 Å². The summed E-state index contributed by atoms with van der Waals surface area (Å²) in [5.41, 5.74) is 0. The number of likely N-dealkylation sites (N-methyl/N-ethyl adjacent to an activating group) is 1. The molecule has 106 valence electrons. The average molecular weight is 268 g/mol. The van der Waals surface area contributed by atoms with Crippen LogP contribution in [0.1, 0.15) is 16.3 Å². The quantitative estimate of drug-likeness (QED) is 0.784. The molecule has 1 atom stereocenters. The molecule has 0 saturated carbocycles. The van der Waals surface area contributed by atoms with Gasteiger partial charge < -0.3 is 24.1 Å². The van der Waals surface area contributed by atoms with Crippen LogP contribution < -0.4 is 5.32 Å². The van der Waals surface area contributed by atoms with E-state index in [1.807, 2.05) is 0 Å². The minimum Gasteiger partial charge on any atom is -0.463 e. The van der Waals surface area contributed by atoms with E-state index >= 15 is 0 Å². The predicted octanol–water partition coefficient (Wildman–Crippen LogP) is 0.486. The van der Waals surface area contributed by atoms with Gasteiger partial charge in [0.2, 0.25) is 5.76 Å². The van der Waals surface area contributed by atoms with Gasteiger partial charge >= 0.3 is 5.97 Å². The van der Waals surface area contributed by atoms with Gasteiger partial charge in [0.05, 0.1) is 26.4 Å². The molecule has 1 aromatic rings. The fraction of sp³-hybridized carbons (Fsp3) is 0.615. The molecule has 1 unspecified atom stereocenters. The predicted molar refractivity (Wildman–Crippen MR) is 69.0 cm³/mol. The van der Waals surface area contributed by atoms with Gasteiger partial charge in [0.1, 0.15) is 5.76 Å². The molecular formula is C13H20N2O4. The summed E-state index contributed by atoms with van der Waals surface area (Å²) in [5.74, 6) is 0.487. The first-order valence-corrected chi connectivity index (χ1v) is 6.37. The van der Waals surface area contributed by atoms with Gasteiger partial charge in [0, 0.05) is 19.6 Å². The van der Waals surface area contributed by atoms with Crippen molar-refractivity contribution in [3.8, 4) is 0 Å². The maximum atomic E-state index is 11.2. The summed E-state index contributed by atoms with van der Waals surface area (Å²) in [6, 6.07) is 3.39. The van der Waals surface area contributed by atoms with Crippen molar-refractivity contribution in [1.29, 1.82) is 0 Å². The van der Waals surface area contributed by atoms with Gasteiger partial charge in [-0.15, -0.1) is 0 Å². The molecule has 1 aromatic heterocycles. The van der Waals surface area contributed by atoms with Crippen LogP contribution in [0.3, 0.4) is 0 Å². The number of hydrogen-bond donors (Lipinski definition) is 1. The molecule has 0 spiro atoms. The number of rotatable bonds is 5. The monoisotopic (exact) mass is 268 g/mol. The number of morpholine rings is 1. The molecular weight excluding hydrogens is 248 g/mol. The zero-order valence-corrected chi connectivity index (χ0v) is 11.3. The Morgan fingerprint density at radius 1 is 1.58 bits per heavy atom. The number of methoxy groups -OCH3 is 1. The standard InChI is InChI=1S/C13H20N2O4/c1-15-5-6-18-11(9-15)8-14-7-10-3-4-12(19-10)13(16)17-2/h3-4,11,14H,5-9H2,1-2H3. The highest BCUT2D eigenvalue weighted by atomic mass is 16.5.